The van der Waals surface area contributed by atoms with E-state index in [1.54, 1.807) is 0 Å². The molecule has 0 aliphatic carbocycles. The molecule has 0 amide bonds. The molecule has 3 nitrogen and oxygen atoms in total. The van der Waals surface area contributed by atoms with Gasteiger partial charge in [0.15, 0.2) is 0 Å². The van der Waals surface area contributed by atoms with Gasteiger partial charge in [-0.2, -0.15) is 0 Å². The van der Waals surface area contributed by atoms with Crippen molar-refractivity contribution in [3.8, 4) is 0 Å². The fourth-order valence-electron chi connectivity index (χ4n) is 1.47. The highest BCUT2D eigenvalue weighted by molar-refractivity contribution is 4.86. The molecule has 0 saturated heterocycles. The maximum atomic E-state index is 9.68. The summed E-state index contributed by atoms with van der Waals surface area (Å²) in [5.74, 6) is 0.137. The van der Waals surface area contributed by atoms with Crippen molar-refractivity contribution in [3.05, 3.63) is 12.7 Å². The quantitative estimate of drug-likeness (QED) is 0.562. The predicted molar refractivity (Wildman–Crippen MR) is 56.8 cm³/mol. The van der Waals surface area contributed by atoms with E-state index in [0.717, 1.165) is 0 Å². The van der Waals surface area contributed by atoms with Crippen LogP contribution in [0.1, 0.15) is 27.2 Å². The third-order valence-corrected chi connectivity index (χ3v) is 2.52. The molecular weight excluding hydrogens is 180 g/mol. The van der Waals surface area contributed by atoms with Gasteiger partial charge in [0.05, 0.1) is 18.3 Å². The van der Waals surface area contributed by atoms with Gasteiger partial charge in [-0.15, -0.1) is 6.58 Å². The molecule has 84 valence electrons. The molecule has 0 bridgehead atoms. The first-order chi connectivity index (χ1) is 6.40. The largest absolute Gasteiger partial charge is 0.393 e. The molecule has 0 aromatic carbocycles. The first-order valence-corrected chi connectivity index (χ1v) is 5.06. The van der Waals surface area contributed by atoms with Gasteiger partial charge in [-0.25, -0.2) is 0 Å². The number of aliphatic hydroxyl groups excluding tert-OH is 3. The van der Waals surface area contributed by atoms with Crippen LogP contribution in [0.25, 0.3) is 0 Å². The third-order valence-electron chi connectivity index (χ3n) is 2.52. The maximum absolute atomic E-state index is 9.68. The van der Waals surface area contributed by atoms with Crippen molar-refractivity contribution in [2.45, 2.75) is 45.5 Å². The lowest BCUT2D eigenvalue weighted by Gasteiger charge is -2.25. The Hall–Kier alpha value is -0.380. The maximum Gasteiger partial charge on any atom is 0.0977 e. The molecule has 0 radical (unpaired) electrons. The van der Waals surface area contributed by atoms with Crippen molar-refractivity contribution in [1.82, 2.24) is 0 Å². The Kier molecular flexibility index (Phi) is 6.00. The summed E-state index contributed by atoms with van der Waals surface area (Å²) < 4.78 is 0. The Bertz CT molecular complexity index is 168. The molecule has 0 aliphatic heterocycles. The minimum absolute atomic E-state index is 0.0281. The van der Waals surface area contributed by atoms with Gasteiger partial charge in [0.1, 0.15) is 0 Å². The highest BCUT2D eigenvalue weighted by atomic mass is 16.3. The summed E-state index contributed by atoms with van der Waals surface area (Å²) in [4.78, 5) is 0. The van der Waals surface area contributed by atoms with Crippen molar-refractivity contribution >= 4 is 0 Å². The second-order valence-corrected chi connectivity index (χ2v) is 4.24. The zero-order valence-electron chi connectivity index (χ0n) is 9.22. The topological polar surface area (TPSA) is 60.7 Å². The van der Waals surface area contributed by atoms with Crippen LogP contribution in [-0.2, 0) is 0 Å². The summed E-state index contributed by atoms with van der Waals surface area (Å²) in [5.41, 5.74) is 0. The second kappa shape index (κ2) is 6.17. The number of rotatable bonds is 6. The Labute approximate surface area is 86.1 Å². The van der Waals surface area contributed by atoms with E-state index < -0.39 is 18.3 Å². The molecule has 0 aliphatic rings. The van der Waals surface area contributed by atoms with E-state index in [1.165, 1.54) is 6.08 Å². The normalized spacial score (nSPS) is 20.2. The van der Waals surface area contributed by atoms with E-state index in [1.807, 2.05) is 20.8 Å². The standard InChI is InChI=1S/C11H22O3/c1-5-9(12)10(13)6-8(4)11(14)7(2)3/h5,7-14H,1,6H2,2-4H3/t8-,9-,10-,11+/m1/s1. The summed E-state index contributed by atoms with van der Waals surface area (Å²) in [5, 5.41) is 28.4. The van der Waals surface area contributed by atoms with Crippen LogP contribution in [0, 0.1) is 11.8 Å². The average molecular weight is 202 g/mol. The Morgan fingerprint density at radius 3 is 2.00 bits per heavy atom. The van der Waals surface area contributed by atoms with Crippen LogP contribution in [-0.4, -0.2) is 33.6 Å². The highest BCUT2D eigenvalue weighted by Gasteiger charge is 2.23. The molecule has 0 unspecified atom stereocenters. The van der Waals surface area contributed by atoms with Gasteiger partial charge in [-0.3, -0.25) is 0 Å². The molecule has 0 aromatic rings. The van der Waals surface area contributed by atoms with Crippen molar-refractivity contribution in [3.63, 3.8) is 0 Å². The molecule has 14 heavy (non-hydrogen) atoms. The van der Waals surface area contributed by atoms with Crippen LogP contribution < -0.4 is 0 Å². The Morgan fingerprint density at radius 1 is 1.14 bits per heavy atom. The van der Waals surface area contributed by atoms with Crippen LogP contribution in [0.4, 0.5) is 0 Å². The molecule has 0 spiro atoms. The number of hydrogen-bond donors (Lipinski definition) is 3. The van der Waals surface area contributed by atoms with Gasteiger partial charge in [0.2, 0.25) is 0 Å². The smallest absolute Gasteiger partial charge is 0.0977 e. The average Bonchev–Trinajstić information content (AvgIpc) is 2.14. The van der Waals surface area contributed by atoms with E-state index in [0.29, 0.717) is 6.42 Å². The van der Waals surface area contributed by atoms with E-state index >= 15 is 0 Å². The van der Waals surface area contributed by atoms with E-state index in [-0.39, 0.29) is 11.8 Å². The summed E-state index contributed by atoms with van der Waals surface area (Å²) in [6.07, 6.45) is -0.500. The zero-order chi connectivity index (χ0) is 11.3. The number of aliphatic hydroxyl groups is 3. The minimum atomic E-state index is -0.906. The van der Waals surface area contributed by atoms with Crippen molar-refractivity contribution < 1.29 is 15.3 Å². The summed E-state index contributed by atoms with van der Waals surface area (Å²) in [6.45, 7) is 9.12. The van der Waals surface area contributed by atoms with Crippen LogP contribution >= 0.6 is 0 Å². The molecule has 3 heteroatoms. The second-order valence-electron chi connectivity index (χ2n) is 4.24. The fourth-order valence-corrected chi connectivity index (χ4v) is 1.47. The van der Waals surface area contributed by atoms with Gasteiger partial charge in [0, 0.05) is 0 Å². The molecule has 3 N–H and O–H groups in total. The Balaban J connectivity index is 4.04. The number of hydrogen-bond acceptors (Lipinski definition) is 3. The summed E-state index contributed by atoms with van der Waals surface area (Å²) >= 11 is 0. The molecular formula is C11H22O3. The highest BCUT2D eigenvalue weighted by Crippen LogP contribution is 2.18. The Morgan fingerprint density at radius 2 is 1.64 bits per heavy atom. The summed E-state index contributed by atoms with van der Waals surface area (Å²) in [6, 6.07) is 0. The summed E-state index contributed by atoms with van der Waals surface area (Å²) in [7, 11) is 0. The van der Waals surface area contributed by atoms with Gasteiger partial charge >= 0.3 is 0 Å². The van der Waals surface area contributed by atoms with Crippen LogP contribution in [0.15, 0.2) is 12.7 Å². The van der Waals surface area contributed by atoms with Crippen LogP contribution in [0.2, 0.25) is 0 Å². The lowest BCUT2D eigenvalue weighted by atomic mass is 9.89. The van der Waals surface area contributed by atoms with Crippen molar-refractivity contribution in [2.75, 3.05) is 0 Å². The van der Waals surface area contributed by atoms with Gasteiger partial charge < -0.3 is 15.3 Å². The first-order valence-electron chi connectivity index (χ1n) is 5.06. The van der Waals surface area contributed by atoms with Crippen molar-refractivity contribution in [2.24, 2.45) is 11.8 Å². The lowest BCUT2D eigenvalue weighted by Crippen LogP contribution is -2.32. The van der Waals surface area contributed by atoms with E-state index in [4.69, 9.17) is 0 Å². The molecule has 0 fully saturated rings. The van der Waals surface area contributed by atoms with Gasteiger partial charge in [-0.05, 0) is 18.3 Å². The third kappa shape index (κ3) is 4.22. The van der Waals surface area contributed by atoms with Gasteiger partial charge in [-0.1, -0.05) is 26.8 Å². The van der Waals surface area contributed by atoms with Crippen LogP contribution in [0.3, 0.4) is 0 Å². The van der Waals surface area contributed by atoms with Crippen LogP contribution in [0.5, 0.6) is 0 Å². The van der Waals surface area contributed by atoms with E-state index in [9.17, 15) is 15.3 Å². The molecule has 0 saturated carbocycles. The molecule has 0 aromatic heterocycles. The van der Waals surface area contributed by atoms with Crippen molar-refractivity contribution in [1.29, 1.82) is 0 Å². The van der Waals surface area contributed by atoms with E-state index in [2.05, 4.69) is 6.58 Å². The minimum Gasteiger partial charge on any atom is -0.393 e. The fraction of sp³-hybridized carbons (Fsp3) is 0.818. The lowest BCUT2D eigenvalue weighted by molar-refractivity contribution is 0.000324. The SMILES string of the molecule is C=C[C@@H](O)[C@H](O)C[C@@H](C)[C@@H](O)C(C)C. The molecule has 0 heterocycles. The van der Waals surface area contributed by atoms with Gasteiger partial charge in [0.25, 0.3) is 0 Å². The predicted octanol–water partition coefficient (Wildman–Crippen LogP) is 0.937. The molecule has 0 rings (SSSR count). The first kappa shape index (κ1) is 13.6. The zero-order valence-corrected chi connectivity index (χ0v) is 9.22. The molecule has 4 atom stereocenters. The monoisotopic (exact) mass is 202 g/mol.